The van der Waals surface area contributed by atoms with Gasteiger partial charge in [0, 0.05) is 12.7 Å². The summed E-state index contributed by atoms with van der Waals surface area (Å²) in [6.07, 6.45) is 1.64. The molecule has 6 heteroatoms. The van der Waals surface area contributed by atoms with E-state index in [-0.39, 0.29) is 11.3 Å². The van der Waals surface area contributed by atoms with Crippen LogP contribution < -0.4 is 5.69 Å². The lowest BCUT2D eigenvalue weighted by molar-refractivity contribution is 0.0697. The summed E-state index contributed by atoms with van der Waals surface area (Å²) >= 11 is 0. The molecule has 1 aromatic carbocycles. The van der Waals surface area contributed by atoms with Crippen LogP contribution in [-0.4, -0.2) is 25.2 Å². The SMILES string of the molecule is CC(C)c1ccc(-n2c(=O)n(C)c3ccc(C(=O)O)cc32)cn1. The van der Waals surface area contributed by atoms with Gasteiger partial charge in [-0.05, 0) is 36.2 Å². The summed E-state index contributed by atoms with van der Waals surface area (Å²) in [4.78, 5) is 28.1. The molecule has 2 aromatic heterocycles. The molecule has 0 unspecified atom stereocenters. The van der Waals surface area contributed by atoms with Crippen molar-refractivity contribution in [2.24, 2.45) is 7.05 Å². The van der Waals surface area contributed by atoms with E-state index in [1.807, 2.05) is 26.0 Å². The average Bonchev–Trinajstić information content (AvgIpc) is 2.78. The molecule has 6 nitrogen and oxygen atoms in total. The van der Waals surface area contributed by atoms with Gasteiger partial charge in [0.2, 0.25) is 0 Å². The van der Waals surface area contributed by atoms with Gasteiger partial charge >= 0.3 is 11.7 Å². The van der Waals surface area contributed by atoms with Gasteiger partial charge in [-0.25, -0.2) is 9.59 Å². The Morgan fingerprint density at radius 3 is 2.48 bits per heavy atom. The van der Waals surface area contributed by atoms with Crippen LogP contribution in [0.15, 0.2) is 41.3 Å². The van der Waals surface area contributed by atoms with Crippen molar-refractivity contribution in [2.45, 2.75) is 19.8 Å². The van der Waals surface area contributed by atoms with Gasteiger partial charge in [0.15, 0.2) is 0 Å². The van der Waals surface area contributed by atoms with Crippen LogP contribution in [0.2, 0.25) is 0 Å². The molecule has 0 fully saturated rings. The summed E-state index contributed by atoms with van der Waals surface area (Å²) in [5.41, 5.74) is 2.69. The Kier molecular flexibility index (Phi) is 3.52. The number of aromatic nitrogens is 3. The molecule has 0 spiro atoms. The highest BCUT2D eigenvalue weighted by molar-refractivity contribution is 5.93. The highest BCUT2D eigenvalue weighted by atomic mass is 16.4. The summed E-state index contributed by atoms with van der Waals surface area (Å²) in [5, 5.41) is 9.17. The molecule has 23 heavy (non-hydrogen) atoms. The maximum Gasteiger partial charge on any atom is 0.335 e. The third-order valence-electron chi connectivity index (χ3n) is 3.92. The number of hydrogen-bond acceptors (Lipinski definition) is 3. The van der Waals surface area contributed by atoms with Crippen molar-refractivity contribution in [3.63, 3.8) is 0 Å². The maximum absolute atomic E-state index is 12.5. The van der Waals surface area contributed by atoms with Crippen LogP contribution in [0.1, 0.15) is 35.8 Å². The first-order chi connectivity index (χ1) is 10.9. The molecule has 0 aliphatic carbocycles. The molecule has 3 aromatic rings. The summed E-state index contributed by atoms with van der Waals surface area (Å²) in [5.74, 6) is -0.727. The van der Waals surface area contributed by atoms with Crippen LogP contribution >= 0.6 is 0 Å². The zero-order chi connectivity index (χ0) is 16.7. The second-order valence-electron chi connectivity index (χ2n) is 5.78. The van der Waals surface area contributed by atoms with Crippen LogP contribution in [0, 0.1) is 0 Å². The Bertz CT molecular complexity index is 950. The third-order valence-corrected chi connectivity index (χ3v) is 3.92. The zero-order valence-corrected chi connectivity index (χ0v) is 13.1. The number of aromatic carboxylic acids is 1. The van der Waals surface area contributed by atoms with Crippen LogP contribution in [0.3, 0.4) is 0 Å². The molecule has 0 saturated heterocycles. The number of aryl methyl sites for hydroxylation is 1. The summed E-state index contributed by atoms with van der Waals surface area (Å²) in [6.45, 7) is 4.09. The first-order valence-corrected chi connectivity index (χ1v) is 7.31. The Morgan fingerprint density at radius 2 is 1.91 bits per heavy atom. The van der Waals surface area contributed by atoms with Gasteiger partial charge in [-0.2, -0.15) is 0 Å². The Labute approximate surface area is 132 Å². The topological polar surface area (TPSA) is 77.1 Å². The van der Waals surface area contributed by atoms with Crippen LogP contribution in [-0.2, 0) is 7.05 Å². The molecule has 0 amide bonds. The Hall–Kier alpha value is -2.89. The summed E-state index contributed by atoms with van der Waals surface area (Å²) in [7, 11) is 1.66. The van der Waals surface area contributed by atoms with Crippen molar-refractivity contribution in [3.8, 4) is 5.69 Å². The number of nitrogens with zero attached hydrogens (tertiary/aromatic N) is 3. The van der Waals surface area contributed by atoms with E-state index >= 15 is 0 Å². The first-order valence-electron chi connectivity index (χ1n) is 7.31. The fourth-order valence-electron chi connectivity index (χ4n) is 2.60. The summed E-state index contributed by atoms with van der Waals surface area (Å²) < 4.78 is 2.98. The fourth-order valence-corrected chi connectivity index (χ4v) is 2.60. The van der Waals surface area contributed by atoms with Gasteiger partial charge in [-0.1, -0.05) is 13.8 Å². The van der Waals surface area contributed by atoms with E-state index in [0.29, 0.717) is 22.6 Å². The van der Waals surface area contributed by atoms with Crippen molar-refractivity contribution < 1.29 is 9.90 Å². The lowest BCUT2D eigenvalue weighted by Gasteiger charge is -2.07. The van der Waals surface area contributed by atoms with Crippen molar-refractivity contribution in [1.82, 2.24) is 14.1 Å². The first kappa shape index (κ1) is 15.0. The quantitative estimate of drug-likeness (QED) is 0.806. The number of fused-ring (bicyclic) bond motifs is 1. The monoisotopic (exact) mass is 311 g/mol. The lowest BCUT2D eigenvalue weighted by Crippen LogP contribution is -2.21. The standard InChI is InChI=1S/C17H17N3O3/c1-10(2)13-6-5-12(9-18-13)20-15-8-11(16(21)22)4-7-14(15)19(3)17(20)23/h4-10H,1-3H3,(H,21,22). The highest BCUT2D eigenvalue weighted by Gasteiger charge is 2.15. The minimum atomic E-state index is -1.02. The minimum absolute atomic E-state index is 0.142. The van der Waals surface area contributed by atoms with Crippen molar-refractivity contribution in [1.29, 1.82) is 0 Å². The number of pyridine rings is 1. The van der Waals surface area contributed by atoms with Gasteiger partial charge in [0.25, 0.3) is 0 Å². The maximum atomic E-state index is 12.5. The predicted molar refractivity (Wildman–Crippen MR) is 87.4 cm³/mol. The van der Waals surface area contributed by atoms with Crippen LogP contribution in [0.4, 0.5) is 0 Å². The number of imidazole rings is 1. The molecule has 0 saturated carbocycles. The van der Waals surface area contributed by atoms with E-state index in [2.05, 4.69) is 4.98 Å². The van der Waals surface area contributed by atoms with Crippen LogP contribution in [0.25, 0.3) is 16.7 Å². The fraction of sp³-hybridized carbons (Fsp3) is 0.235. The van der Waals surface area contributed by atoms with Gasteiger partial charge in [-0.15, -0.1) is 0 Å². The number of benzene rings is 1. The van der Waals surface area contributed by atoms with Gasteiger partial charge in [-0.3, -0.25) is 14.1 Å². The molecule has 0 radical (unpaired) electrons. The van der Waals surface area contributed by atoms with Gasteiger partial charge in [0.05, 0.1) is 28.5 Å². The highest BCUT2D eigenvalue weighted by Crippen LogP contribution is 2.20. The minimum Gasteiger partial charge on any atom is -0.478 e. The number of carboxylic acids is 1. The molecular weight excluding hydrogens is 294 g/mol. The molecule has 2 heterocycles. The second-order valence-corrected chi connectivity index (χ2v) is 5.78. The Morgan fingerprint density at radius 1 is 1.17 bits per heavy atom. The van der Waals surface area contributed by atoms with Crippen molar-refractivity contribution >= 4 is 17.0 Å². The molecule has 0 aliphatic rings. The molecule has 3 rings (SSSR count). The van der Waals surface area contributed by atoms with E-state index < -0.39 is 5.97 Å². The number of rotatable bonds is 3. The third kappa shape index (κ3) is 2.42. The second kappa shape index (κ2) is 5.39. The molecular formula is C17H17N3O3. The average molecular weight is 311 g/mol. The van der Waals surface area contributed by atoms with Gasteiger partial charge in [0.1, 0.15) is 0 Å². The van der Waals surface area contributed by atoms with Gasteiger partial charge < -0.3 is 5.11 Å². The lowest BCUT2D eigenvalue weighted by atomic mass is 10.1. The smallest absolute Gasteiger partial charge is 0.335 e. The molecule has 0 atom stereocenters. The molecule has 1 N–H and O–H groups in total. The number of carboxylic acid groups (broad SMARTS) is 1. The summed E-state index contributed by atoms with van der Waals surface area (Å²) in [6, 6.07) is 8.36. The normalized spacial score (nSPS) is 11.3. The molecule has 118 valence electrons. The van der Waals surface area contributed by atoms with E-state index in [9.17, 15) is 14.7 Å². The van der Waals surface area contributed by atoms with E-state index in [0.717, 1.165) is 5.69 Å². The predicted octanol–water partition coefficient (Wildman–Crippen LogP) is 2.55. The molecule has 0 aliphatic heterocycles. The zero-order valence-electron chi connectivity index (χ0n) is 13.1. The van der Waals surface area contributed by atoms with Crippen molar-refractivity contribution in [2.75, 3.05) is 0 Å². The number of carbonyl (C=O) groups is 1. The van der Waals surface area contributed by atoms with E-state index in [4.69, 9.17) is 0 Å². The van der Waals surface area contributed by atoms with Crippen LogP contribution in [0.5, 0.6) is 0 Å². The van der Waals surface area contributed by atoms with Crippen molar-refractivity contribution in [3.05, 3.63) is 58.3 Å². The van der Waals surface area contributed by atoms with E-state index in [1.54, 1.807) is 19.3 Å². The Balaban J connectivity index is 2.27. The van der Waals surface area contributed by atoms with E-state index in [1.165, 1.54) is 21.3 Å². The largest absolute Gasteiger partial charge is 0.478 e. The molecule has 0 bridgehead atoms. The number of hydrogen-bond donors (Lipinski definition) is 1.